The zero-order chi connectivity index (χ0) is 27.3. The van der Waals surface area contributed by atoms with Gasteiger partial charge in [0.05, 0.1) is 12.1 Å². The molecule has 0 saturated carbocycles. The Morgan fingerprint density at radius 1 is 1.24 bits per heavy atom. The number of thiophene rings is 1. The van der Waals surface area contributed by atoms with E-state index in [-0.39, 0.29) is 29.8 Å². The number of hydrogen-bond donors (Lipinski definition) is 1. The molecule has 208 valence electrons. The summed E-state index contributed by atoms with van der Waals surface area (Å²) in [6, 6.07) is 12.4. The van der Waals surface area contributed by atoms with Crippen LogP contribution >= 0.6 is 11.3 Å². The summed E-state index contributed by atoms with van der Waals surface area (Å²) < 4.78 is 12.8. The third-order valence-electron chi connectivity index (χ3n) is 7.76. The lowest BCUT2D eigenvalue weighted by molar-refractivity contribution is -0.192. The van der Waals surface area contributed by atoms with E-state index in [4.69, 9.17) is 9.47 Å². The van der Waals surface area contributed by atoms with E-state index >= 15 is 0 Å². The second kappa shape index (κ2) is 12.5. The molecule has 0 bridgehead atoms. The molecule has 4 rings (SSSR count). The Kier molecular flexibility index (Phi) is 9.33. The Labute approximate surface area is 230 Å². The Bertz CT molecular complexity index is 1070. The predicted molar refractivity (Wildman–Crippen MR) is 149 cm³/mol. The van der Waals surface area contributed by atoms with Crippen LogP contribution in [0.3, 0.4) is 0 Å². The number of ether oxygens (including phenoxy) is 2. The van der Waals surface area contributed by atoms with Crippen LogP contribution in [-0.2, 0) is 16.0 Å². The minimum atomic E-state index is -0.935. The maximum atomic E-state index is 12.6. The molecule has 1 aromatic heterocycles. The van der Waals surface area contributed by atoms with Crippen molar-refractivity contribution in [2.45, 2.75) is 70.3 Å². The van der Waals surface area contributed by atoms with Gasteiger partial charge in [0.25, 0.3) is 5.91 Å². The summed E-state index contributed by atoms with van der Waals surface area (Å²) in [6.07, 6.45) is 1.77. The first-order valence-corrected chi connectivity index (χ1v) is 14.5. The number of rotatable bonds is 10. The van der Waals surface area contributed by atoms with Gasteiger partial charge in [0.2, 0.25) is 0 Å². The van der Waals surface area contributed by atoms with Crippen molar-refractivity contribution in [3.8, 4) is 5.75 Å². The number of piperidine rings is 1. The number of likely N-dealkylation sites (tertiary alicyclic amines) is 1. The smallest absolute Gasteiger partial charge is 0.407 e. The molecule has 1 spiro atoms. The Morgan fingerprint density at radius 2 is 1.97 bits per heavy atom. The van der Waals surface area contributed by atoms with Gasteiger partial charge in [-0.05, 0) is 63.1 Å². The van der Waals surface area contributed by atoms with Gasteiger partial charge in [0.15, 0.2) is 0 Å². The second-order valence-electron chi connectivity index (χ2n) is 10.8. The number of carboxylic acid groups (broad SMARTS) is 1. The standard InChI is InChI=1S/C29H41N3O5S/c1-21(2)32-20-29(37-22(3)27(32)33)13-17-31(18-14-29)16-11-23-8-5-6-9-24(23)36-25(26-10-7-19-38-26)12-15-30(4)28(34)35/h5-10,19,21-22,25H,11-18,20H2,1-4H3,(H,34,35)/t22-,25+/m1/s1. The predicted octanol–water partition coefficient (Wildman–Crippen LogP) is 4.90. The minimum Gasteiger partial charge on any atom is -0.485 e. The van der Waals surface area contributed by atoms with Crippen LogP contribution in [0.15, 0.2) is 41.8 Å². The van der Waals surface area contributed by atoms with Crippen molar-refractivity contribution in [2.75, 3.05) is 39.8 Å². The van der Waals surface area contributed by atoms with Crippen LogP contribution in [0.2, 0.25) is 0 Å². The Hall–Kier alpha value is -2.62. The topological polar surface area (TPSA) is 82.6 Å². The van der Waals surface area contributed by atoms with Gasteiger partial charge in [0.1, 0.15) is 18.0 Å². The van der Waals surface area contributed by atoms with Crippen LogP contribution in [-0.4, -0.2) is 89.3 Å². The first-order valence-electron chi connectivity index (χ1n) is 13.6. The van der Waals surface area contributed by atoms with Crippen LogP contribution in [0, 0.1) is 0 Å². The lowest BCUT2D eigenvalue weighted by atomic mass is 9.87. The van der Waals surface area contributed by atoms with Gasteiger partial charge in [-0.25, -0.2) is 4.79 Å². The fourth-order valence-corrected chi connectivity index (χ4v) is 6.17. The molecule has 2 saturated heterocycles. The van der Waals surface area contributed by atoms with E-state index in [9.17, 15) is 14.7 Å². The largest absolute Gasteiger partial charge is 0.485 e. The van der Waals surface area contributed by atoms with Crippen LogP contribution in [0.4, 0.5) is 4.79 Å². The SMILES string of the molecule is CC(C)N1CC2(CCN(CCc3ccccc3O[C@@H](CCN(C)C(=O)O)c3cccs3)CC2)O[C@H](C)C1=O. The molecule has 8 nitrogen and oxygen atoms in total. The molecule has 2 aliphatic heterocycles. The summed E-state index contributed by atoms with van der Waals surface area (Å²) in [5, 5.41) is 11.3. The molecule has 2 atom stereocenters. The minimum absolute atomic E-state index is 0.0973. The first kappa shape index (κ1) is 28.4. The van der Waals surface area contributed by atoms with Crippen LogP contribution in [0.5, 0.6) is 5.75 Å². The summed E-state index contributed by atoms with van der Waals surface area (Å²) in [6.45, 7) is 9.91. The first-order chi connectivity index (χ1) is 18.2. The average Bonchev–Trinajstić information content (AvgIpc) is 3.43. The number of benzene rings is 1. The number of carbonyl (C=O) groups is 2. The van der Waals surface area contributed by atoms with E-state index < -0.39 is 6.09 Å². The molecular formula is C29H41N3O5S. The quantitative estimate of drug-likeness (QED) is 0.459. The normalized spacial score (nSPS) is 20.6. The molecule has 2 aromatic rings. The van der Waals surface area contributed by atoms with Crippen molar-refractivity contribution in [1.29, 1.82) is 0 Å². The number of para-hydroxylation sites is 1. The maximum absolute atomic E-state index is 12.6. The van der Waals surface area contributed by atoms with E-state index in [2.05, 4.69) is 24.8 Å². The molecular weight excluding hydrogens is 502 g/mol. The lowest BCUT2D eigenvalue weighted by Crippen LogP contribution is -2.62. The molecule has 2 fully saturated rings. The van der Waals surface area contributed by atoms with E-state index in [0.717, 1.165) is 55.1 Å². The van der Waals surface area contributed by atoms with E-state index in [1.807, 2.05) is 47.5 Å². The summed E-state index contributed by atoms with van der Waals surface area (Å²) in [5.74, 6) is 0.952. The average molecular weight is 544 g/mol. The number of carbonyl (C=O) groups excluding carboxylic acids is 1. The third kappa shape index (κ3) is 6.87. The number of nitrogens with zero attached hydrogens (tertiary/aromatic N) is 3. The van der Waals surface area contributed by atoms with Gasteiger partial charge in [0, 0.05) is 50.6 Å². The number of hydrogen-bond acceptors (Lipinski definition) is 6. The highest BCUT2D eigenvalue weighted by Gasteiger charge is 2.45. The van der Waals surface area contributed by atoms with E-state index in [1.165, 1.54) is 4.90 Å². The van der Waals surface area contributed by atoms with Crippen molar-refractivity contribution < 1.29 is 24.2 Å². The van der Waals surface area contributed by atoms with Gasteiger partial charge in [-0.15, -0.1) is 11.3 Å². The molecule has 0 aliphatic carbocycles. The fraction of sp³-hybridized carbons (Fsp3) is 0.586. The highest BCUT2D eigenvalue weighted by atomic mass is 32.1. The van der Waals surface area contributed by atoms with Gasteiger partial charge >= 0.3 is 6.09 Å². The van der Waals surface area contributed by atoms with Crippen molar-refractivity contribution in [3.05, 3.63) is 52.2 Å². The summed E-state index contributed by atoms with van der Waals surface area (Å²) >= 11 is 1.63. The van der Waals surface area contributed by atoms with Gasteiger partial charge in [-0.2, -0.15) is 0 Å². The van der Waals surface area contributed by atoms with Crippen molar-refractivity contribution in [2.24, 2.45) is 0 Å². The summed E-state index contributed by atoms with van der Waals surface area (Å²) in [5.41, 5.74) is 0.909. The lowest BCUT2D eigenvalue weighted by Gasteiger charge is -2.50. The zero-order valence-electron chi connectivity index (χ0n) is 23.0. The van der Waals surface area contributed by atoms with Gasteiger partial charge in [-0.3, -0.25) is 4.79 Å². The number of amides is 2. The third-order valence-corrected chi connectivity index (χ3v) is 8.72. The molecule has 2 aliphatic rings. The van der Waals surface area contributed by atoms with Crippen LogP contribution in [0.25, 0.3) is 0 Å². The molecule has 38 heavy (non-hydrogen) atoms. The Morgan fingerprint density at radius 3 is 2.63 bits per heavy atom. The molecule has 0 unspecified atom stereocenters. The van der Waals surface area contributed by atoms with E-state index in [1.54, 1.807) is 18.4 Å². The monoisotopic (exact) mass is 543 g/mol. The van der Waals surface area contributed by atoms with Crippen LogP contribution < -0.4 is 4.74 Å². The van der Waals surface area contributed by atoms with Crippen molar-refractivity contribution in [3.63, 3.8) is 0 Å². The molecule has 2 amide bonds. The fourth-order valence-electron chi connectivity index (χ4n) is 5.38. The molecule has 3 heterocycles. The van der Waals surface area contributed by atoms with Crippen molar-refractivity contribution >= 4 is 23.3 Å². The summed E-state index contributed by atoms with van der Waals surface area (Å²) in [4.78, 5) is 30.7. The van der Waals surface area contributed by atoms with Gasteiger partial charge in [-0.1, -0.05) is 24.3 Å². The molecule has 0 radical (unpaired) electrons. The van der Waals surface area contributed by atoms with Crippen molar-refractivity contribution in [1.82, 2.24) is 14.7 Å². The molecule has 9 heteroatoms. The zero-order valence-corrected chi connectivity index (χ0v) is 23.8. The van der Waals surface area contributed by atoms with Crippen LogP contribution in [0.1, 0.15) is 56.6 Å². The van der Waals surface area contributed by atoms with E-state index in [0.29, 0.717) is 19.5 Å². The highest BCUT2D eigenvalue weighted by Crippen LogP contribution is 2.34. The summed E-state index contributed by atoms with van der Waals surface area (Å²) in [7, 11) is 1.59. The maximum Gasteiger partial charge on any atom is 0.407 e. The van der Waals surface area contributed by atoms with Gasteiger partial charge < -0.3 is 29.3 Å². The Balaban J connectivity index is 1.35. The highest BCUT2D eigenvalue weighted by molar-refractivity contribution is 7.10. The number of morpholine rings is 1. The molecule has 1 aromatic carbocycles. The second-order valence-corrected chi connectivity index (χ2v) is 11.8. The molecule has 1 N–H and O–H groups in total.